The summed E-state index contributed by atoms with van der Waals surface area (Å²) in [6.45, 7) is 2.99. The maximum absolute atomic E-state index is 5.54. The molecule has 2 N–H and O–H groups in total. The van der Waals surface area contributed by atoms with Crippen LogP contribution in [0.1, 0.15) is 12.6 Å². The second-order valence-electron chi connectivity index (χ2n) is 5.90. The van der Waals surface area contributed by atoms with Gasteiger partial charge in [-0.1, -0.05) is 35.5 Å². The molecule has 0 amide bonds. The minimum Gasteiger partial charge on any atom is -0.493 e. The van der Waals surface area contributed by atoms with Crippen LogP contribution in [0.15, 0.2) is 64.1 Å². The van der Waals surface area contributed by atoms with Crippen LogP contribution in [-0.4, -0.2) is 31.9 Å². The number of aromatic nitrogens is 1. The first-order chi connectivity index (χ1) is 13.7. The van der Waals surface area contributed by atoms with Gasteiger partial charge in [-0.25, -0.2) is 0 Å². The van der Waals surface area contributed by atoms with Crippen molar-refractivity contribution in [1.82, 2.24) is 10.5 Å². The number of halogens is 1. The fourth-order valence-corrected chi connectivity index (χ4v) is 2.64. The molecule has 2 aromatic carbocycles. The van der Waals surface area contributed by atoms with Gasteiger partial charge >= 0.3 is 0 Å². The molecule has 0 saturated carbocycles. The highest BCUT2D eigenvalue weighted by Gasteiger charge is 2.09. The molecule has 0 radical (unpaired) electrons. The van der Waals surface area contributed by atoms with E-state index in [1.165, 1.54) is 0 Å². The first kappa shape index (κ1) is 22.5. The van der Waals surface area contributed by atoms with Crippen LogP contribution in [0.3, 0.4) is 0 Å². The Kier molecular flexibility index (Phi) is 8.78. The number of rotatable bonds is 7. The third-order valence-corrected chi connectivity index (χ3v) is 4.00. The number of anilines is 1. The molecule has 154 valence electrons. The predicted octanol–water partition coefficient (Wildman–Crippen LogP) is 4.55. The number of hydrogen-bond donors (Lipinski definition) is 2. The normalized spacial score (nSPS) is 10.8. The molecule has 0 bridgehead atoms. The Labute approximate surface area is 187 Å². The zero-order chi connectivity index (χ0) is 19.8. The molecule has 0 aliphatic carbocycles. The van der Waals surface area contributed by atoms with Crippen LogP contribution in [-0.2, 0) is 6.54 Å². The summed E-state index contributed by atoms with van der Waals surface area (Å²) in [6.07, 6.45) is 0. The molecule has 3 aromatic rings. The number of aliphatic imine (C=N–C) groups is 1. The third-order valence-electron chi connectivity index (χ3n) is 4.00. The molecule has 0 atom stereocenters. The zero-order valence-corrected chi connectivity index (χ0v) is 19.0. The number of hydrogen-bond acceptors (Lipinski definition) is 5. The second kappa shape index (κ2) is 11.3. The van der Waals surface area contributed by atoms with Gasteiger partial charge in [-0.15, -0.1) is 24.0 Å². The van der Waals surface area contributed by atoms with Crippen molar-refractivity contribution in [3.05, 3.63) is 60.3 Å². The van der Waals surface area contributed by atoms with Gasteiger partial charge < -0.3 is 24.6 Å². The van der Waals surface area contributed by atoms with Gasteiger partial charge in [0.1, 0.15) is 5.69 Å². The van der Waals surface area contributed by atoms with E-state index < -0.39 is 0 Å². The lowest BCUT2D eigenvalue weighted by molar-refractivity contribution is 0.311. The molecule has 7 nitrogen and oxygen atoms in total. The van der Waals surface area contributed by atoms with Crippen LogP contribution >= 0.6 is 24.0 Å². The van der Waals surface area contributed by atoms with E-state index in [-0.39, 0.29) is 24.0 Å². The van der Waals surface area contributed by atoms with Crippen LogP contribution in [0, 0.1) is 0 Å². The van der Waals surface area contributed by atoms with Crippen molar-refractivity contribution in [3.63, 3.8) is 0 Å². The number of methoxy groups -OCH3 is 1. The van der Waals surface area contributed by atoms with Crippen LogP contribution < -0.4 is 20.1 Å². The van der Waals surface area contributed by atoms with Crippen LogP contribution in [0.25, 0.3) is 11.3 Å². The molecule has 1 aromatic heterocycles. The van der Waals surface area contributed by atoms with Crippen LogP contribution in [0.5, 0.6) is 11.5 Å². The highest BCUT2D eigenvalue weighted by molar-refractivity contribution is 14.0. The summed E-state index contributed by atoms with van der Waals surface area (Å²) in [5.41, 5.74) is 2.61. The van der Waals surface area contributed by atoms with Gasteiger partial charge in [0.15, 0.2) is 23.2 Å². The Bertz CT molecular complexity index is 929. The molecular weight excluding hydrogens is 483 g/mol. The van der Waals surface area contributed by atoms with Gasteiger partial charge in [-0.05, 0) is 19.1 Å². The number of benzene rings is 2. The molecule has 1 heterocycles. The van der Waals surface area contributed by atoms with Gasteiger partial charge in [0.2, 0.25) is 0 Å². The van der Waals surface area contributed by atoms with E-state index in [0.29, 0.717) is 30.6 Å². The number of nitrogens with zero attached hydrogens (tertiary/aromatic N) is 2. The maximum Gasteiger partial charge on any atom is 0.195 e. The largest absolute Gasteiger partial charge is 0.493 e. The summed E-state index contributed by atoms with van der Waals surface area (Å²) in [7, 11) is 3.32. The SMILES string of the molecule is CCOc1ccc(NC(=NC)NCc2cc(-c3ccccc3)on2)cc1OC.I. The molecular formula is C21H25IN4O3. The van der Waals surface area contributed by atoms with Crippen molar-refractivity contribution in [2.24, 2.45) is 4.99 Å². The lowest BCUT2D eigenvalue weighted by atomic mass is 10.2. The first-order valence-corrected chi connectivity index (χ1v) is 9.03. The van der Waals surface area contributed by atoms with Crippen molar-refractivity contribution in [3.8, 4) is 22.8 Å². The molecule has 0 saturated heterocycles. The monoisotopic (exact) mass is 508 g/mol. The third kappa shape index (κ3) is 6.11. The van der Waals surface area contributed by atoms with E-state index >= 15 is 0 Å². The predicted molar refractivity (Wildman–Crippen MR) is 125 cm³/mol. The quantitative estimate of drug-likeness (QED) is 0.277. The Morgan fingerprint density at radius 3 is 2.59 bits per heavy atom. The maximum atomic E-state index is 5.54. The fourth-order valence-electron chi connectivity index (χ4n) is 2.64. The number of ether oxygens (including phenoxy) is 2. The minimum absolute atomic E-state index is 0. The fraction of sp³-hybridized carbons (Fsp3) is 0.238. The van der Waals surface area contributed by atoms with E-state index in [0.717, 1.165) is 22.7 Å². The van der Waals surface area contributed by atoms with Gasteiger partial charge in [0, 0.05) is 30.4 Å². The molecule has 8 heteroatoms. The standard InChI is InChI=1S/C21H24N4O3.HI/c1-4-27-18-11-10-16(12-20(18)26-3)24-21(22-2)23-14-17-13-19(28-25-17)15-8-6-5-7-9-15;/h5-13H,4,14H2,1-3H3,(H2,22,23,24);1H. The van der Waals surface area contributed by atoms with Crippen molar-refractivity contribution in [2.75, 3.05) is 26.1 Å². The summed E-state index contributed by atoms with van der Waals surface area (Å²) < 4.78 is 16.3. The lowest BCUT2D eigenvalue weighted by Gasteiger charge is -2.14. The molecule has 0 unspecified atom stereocenters. The van der Waals surface area contributed by atoms with Crippen molar-refractivity contribution in [1.29, 1.82) is 0 Å². The van der Waals surface area contributed by atoms with Gasteiger partial charge in [0.25, 0.3) is 0 Å². The Morgan fingerprint density at radius 1 is 1.10 bits per heavy atom. The zero-order valence-electron chi connectivity index (χ0n) is 16.6. The molecule has 0 fully saturated rings. The molecule has 29 heavy (non-hydrogen) atoms. The highest BCUT2D eigenvalue weighted by Crippen LogP contribution is 2.30. The Hall–Kier alpha value is -2.75. The summed E-state index contributed by atoms with van der Waals surface area (Å²) in [5, 5.41) is 10.6. The smallest absolute Gasteiger partial charge is 0.195 e. The van der Waals surface area contributed by atoms with Gasteiger partial charge in [-0.2, -0.15) is 0 Å². The summed E-state index contributed by atoms with van der Waals surface area (Å²) in [5.74, 6) is 2.70. The number of nitrogens with one attached hydrogen (secondary N) is 2. The summed E-state index contributed by atoms with van der Waals surface area (Å²) >= 11 is 0. The summed E-state index contributed by atoms with van der Waals surface area (Å²) in [6, 6.07) is 17.4. The van der Waals surface area contributed by atoms with Crippen LogP contribution in [0.4, 0.5) is 5.69 Å². The Morgan fingerprint density at radius 2 is 1.90 bits per heavy atom. The van der Waals surface area contributed by atoms with Gasteiger partial charge in [-0.3, -0.25) is 4.99 Å². The van der Waals surface area contributed by atoms with E-state index in [9.17, 15) is 0 Å². The molecule has 0 spiro atoms. The second-order valence-corrected chi connectivity index (χ2v) is 5.90. The minimum atomic E-state index is 0. The van der Waals surface area contributed by atoms with Gasteiger partial charge in [0.05, 0.1) is 20.3 Å². The van der Waals surface area contributed by atoms with Crippen molar-refractivity contribution < 1.29 is 14.0 Å². The average Bonchev–Trinajstić information content (AvgIpc) is 3.22. The topological polar surface area (TPSA) is 80.9 Å². The first-order valence-electron chi connectivity index (χ1n) is 9.03. The van der Waals surface area contributed by atoms with E-state index in [1.54, 1.807) is 14.2 Å². The van der Waals surface area contributed by atoms with Crippen LogP contribution in [0.2, 0.25) is 0 Å². The summed E-state index contributed by atoms with van der Waals surface area (Å²) in [4.78, 5) is 4.24. The van der Waals surface area contributed by atoms with Crippen molar-refractivity contribution in [2.45, 2.75) is 13.5 Å². The highest BCUT2D eigenvalue weighted by atomic mass is 127. The molecule has 0 aliphatic rings. The van der Waals surface area contributed by atoms with Crippen molar-refractivity contribution >= 4 is 35.6 Å². The number of guanidine groups is 1. The molecule has 3 rings (SSSR count). The van der Waals surface area contributed by atoms with E-state index in [1.807, 2.05) is 61.5 Å². The molecule has 0 aliphatic heterocycles. The Balaban J connectivity index is 0.00000300. The lowest BCUT2D eigenvalue weighted by Crippen LogP contribution is -2.30. The van der Waals surface area contributed by atoms with E-state index in [4.69, 9.17) is 14.0 Å². The van der Waals surface area contributed by atoms with E-state index in [2.05, 4.69) is 20.8 Å². The average molecular weight is 508 g/mol.